The SMILES string of the molecule is COC(=O)CN(C=O)c1ccccc1C1(N)CCNCC1. The summed E-state index contributed by atoms with van der Waals surface area (Å²) in [6.45, 7) is 1.55. The first kappa shape index (κ1) is 15.5. The van der Waals surface area contributed by atoms with Gasteiger partial charge < -0.3 is 20.7 Å². The maximum Gasteiger partial charge on any atom is 0.325 e. The van der Waals surface area contributed by atoms with Gasteiger partial charge in [-0.05, 0) is 37.6 Å². The molecular formula is C15H21N3O3. The Morgan fingerprint density at radius 1 is 1.43 bits per heavy atom. The molecule has 114 valence electrons. The van der Waals surface area contributed by atoms with Crippen LogP contribution in [-0.4, -0.2) is 39.1 Å². The van der Waals surface area contributed by atoms with Gasteiger partial charge in [-0.1, -0.05) is 18.2 Å². The van der Waals surface area contributed by atoms with Crippen LogP contribution in [0.25, 0.3) is 0 Å². The number of para-hydroxylation sites is 1. The number of ether oxygens (including phenoxy) is 1. The van der Waals surface area contributed by atoms with Crippen LogP contribution in [0.2, 0.25) is 0 Å². The van der Waals surface area contributed by atoms with Gasteiger partial charge in [0.05, 0.1) is 7.11 Å². The van der Waals surface area contributed by atoms with Crippen molar-refractivity contribution >= 4 is 18.1 Å². The van der Waals surface area contributed by atoms with Gasteiger partial charge in [0.2, 0.25) is 6.41 Å². The van der Waals surface area contributed by atoms with Crippen LogP contribution in [0.4, 0.5) is 5.69 Å². The van der Waals surface area contributed by atoms with E-state index in [-0.39, 0.29) is 6.54 Å². The topological polar surface area (TPSA) is 84.7 Å². The second-order valence-electron chi connectivity index (χ2n) is 5.23. The molecule has 1 fully saturated rings. The Kier molecular flexibility index (Phi) is 4.93. The van der Waals surface area contributed by atoms with Gasteiger partial charge >= 0.3 is 5.97 Å². The Labute approximate surface area is 124 Å². The number of carbonyl (C=O) groups is 2. The van der Waals surface area contributed by atoms with E-state index >= 15 is 0 Å². The molecule has 0 unspecified atom stereocenters. The Morgan fingerprint density at radius 2 is 2.10 bits per heavy atom. The molecule has 0 aliphatic carbocycles. The molecule has 1 saturated heterocycles. The van der Waals surface area contributed by atoms with E-state index < -0.39 is 11.5 Å². The van der Waals surface area contributed by atoms with Gasteiger partial charge in [0, 0.05) is 11.2 Å². The molecule has 1 amide bonds. The molecule has 1 aliphatic rings. The molecule has 0 saturated carbocycles. The molecule has 1 aliphatic heterocycles. The summed E-state index contributed by atoms with van der Waals surface area (Å²) in [4.78, 5) is 24.2. The number of nitrogens with one attached hydrogen (secondary N) is 1. The van der Waals surface area contributed by atoms with Gasteiger partial charge in [-0.2, -0.15) is 0 Å². The Hall–Kier alpha value is -1.92. The zero-order chi connectivity index (χ0) is 15.3. The lowest BCUT2D eigenvalue weighted by Crippen LogP contribution is -2.47. The summed E-state index contributed by atoms with van der Waals surface area (Å²) < 4.78 is 4.63. The number of nitrogens with two attached hydrogens (primary N) is 1. The zero-order valence-electron chi connectivity index (χ0n) is 12.2. The van der Waals surface area contributed by atoms with Crippen molar-refractivity contribution in [2.75, 3.05) is 31.6 Å². The molecule has 1 aromatic carbocycles. The van der Waals surface area contributed by atoms with Crippen molar-refractivity contribution in [2.45, 2.75) is 18.4 Å². The van der Waals surface area contributed by atoms with Crippen LogP contribution in [0.5, 0.6) is 0 Å². The van der Waals surface area contributed by atoms with E-state index in [9.17, 15) is 9.59 Å². The van der Waals surface area contributed by atoms with E-state index in [4.69, 9.17) is 5.73 Å². The van der Waals surface area contributed by atoms with Crippen molar-refractivity contribution in [3.63, 3.8) is 0 Å². The van der Waals surface area contributed by atoms with E-state index in [1.807, 2.05) is 24.3 Å². The number of esters is 1. The molecule has 1 aromatic rings. The van der Waals surface area contributed by atoms with E-state index in [1.54, 1.807) is 0 Å². The van der Waals surface area contributed by atoms with Crippen LogP contribution >= 0.6 is 0 Å². The number of methoxy groups -OCH3 is 1. The van der Waals surface area contributed by atoms with Crippen molar-refractivity contribution in [3.05, 3.63) is 29.8 Å². The predicted molar refractivity (Wildman–Crippen MR) is 79.8 cm³/mol. The number of nitrogens with zero attached hydrogens (tertiary/aromatic N) is 1. The Balaban J connectivity index is 2.35. The maximum atomic E-state index is 11.5. The summed E-state index contributed by atoms with van der Waals surface area (Å²) >= 11 is 0. The zero-order valence-corrected chi connectivity index (χ0v) is 12.2. The fraction of sp³-hybridized carbons (Fsp3) is 0.467. The quantitative estimate of drug-likeness (QED) is 0.604. The first-order valence-corrected chi connectivity index (χ1v) is 6.98. The normalized spacial score (nSPS) is 17.0. The molecule has 0 aromatic heterocycles. The van der Waals surface area contributed by atoms with Crippen molar-refractivity contribution in [1.29, 1.82) is 0 Å². The molecule has 0 atom stereocenters. The fourth-order valence-electron chi connectivity index (χ4n) is 2.67. The van der Waals surface area contributed by atoms with Crippen LogP contribution < -0.4 is 16.0 Å². The summed E-state index contributed by atoms with van der Waals surface area (Å²) in [6, 6.07) is 7.46. The van der Waals surface area contributed by atoms with Gasteiger partial charge in [0.15, 0.2) is 0 Å². The maximum absolute atomic E-state index is 11.5. The monoisotopic (exact) mass is 291 g/mol. The molecule has 21 heavy (non-hydrogen) atoms. The van der Waals surface area contributed by atoms with Crippen LogP contribution in [0.1, 0.15) is 18.4 Å². The van der Waals surface area contributed by atoms with Crippen LogP contribution in [-0.2, 0) is 19.9 Å². The molecular weight excluding hydrogens is 270 g/mol. The minimum atomic E-state index is -0.487. The summed E-state index contributed by atoms with van der Waals surface area (Å²) in [5.41, 5.74) is 7.61. The molecule has 0 spiro atoms. The van der Waals surface area contributed by atoms with Crippen molar-refractivity contribution in [2.24, 2.45) is 5.73 Å². The number of carbonyl (C=O) groups excluding carboxylic acids is 2. The van der Waals surface area contributed by atoms with E-state index in [0.717, 1.165) is 31.5 Å². The third kappa shape index (κ3) is 3.40. The highest BCUT2D eigenvalue weighted by Gasteiger charge is 2.32. The molecule has 6 nitrogen and oxygen atoms in total. The number of anilines is 1. The fourth-order valence-corrected chi connectivity index (χ4v) is 2.67. The van der Waals surface area contributed by atoms with Crippen molar-refractivity contribution in [3.8, 4) is 0 Å². The van der Waals surface area contributed by atoms with Gasteiger partial charge in [-0.3, -0.25) is 9.59 Å². The summed E-state index contributed by atoms with van der Waals surface area (Å²) in [6.07, 6.45) is 2.21. The highest BCUT2D eigenvalue weighted by atomic mass is 16.5. The van der Waals surface area contributed by atoms with Gasteiger partial charge in [-0.15, -0.1) is 0 Å². The lowest BCUT2D eigenvalue weighted by molar-refractivity contribution is -0.139. The summed E-state index contributed by atoms with van der Waals surface area (Å²) in [7, 11) is 1.30. The summed E-state index contributed by atoms with van der Waals surface area (Å²) in [5.74, 6) is -0.465. The lowest BCUT2D eigenvalue weighted by Gasteiger charge is -2.37. The predicted octanol–water partition coefficient (Wildman–Crippen LogP) is 0.360. The van der Waals surface area contributed by atoms with Gasteiger partial charge in [-0.25, -0.2) is 0 Å². The molecule has 0 radical (unpaired) electrons. The summed E-state index contributed by atoms with van der Waals surface area (Å²) in [5, 5.41) is 3.28. The molecule has 0 bridgehead atoms. The highest BCUT2D eigenvalue weighted by molar-refractivity contribution is 5.86. The second kappa shape index (κ2) is 6.69. The smallest absolute Gasteiger partial charge is 0.325 e. The average molecular weight is 291 g/mol. The number of benzene rings is 1. The molecule has 6 heteroatoms. The van der Waals surface area contributed by atoms with Crippen molar-refractivity contribution in [1.82, 2.24) is 5.32 Å². The van der Waals surface area contributed by atoms with Crippen molar-refractivity contribution < 1.29 is 14.3 Å². The van der Waals surface area contributed by atoms with Crippen LogP contribution in [0.15, 0.2) is 24.3 Å². The van der Waals surface area contributed by atoms with E-state index in [2.05, 4.69) is 10.1 Å². The first-order valence-electron chi connectivity index (χ1n) is 6.98. The second-order valence-corrected chi connectivity index (χ2v) is 5.23. The standard InChI is InChI=1S/C15H21N3O3/c1-21-14(20)10-18(11-19)13-5-3-2-4-12(13)15(16)6-8-17-9-7-15/h2-5,11,17H,6-10,16H2,1H3. The van der Waals surface area contributed by atoms with E-state index in [0.29, 0.717) is 12.1 Å². The Bertz CT molecular complexity index is 513. The number of hydrogen-bond acceptors (Lipinski definition) is 5. The molecule has 1 heterocycles. The third-order valence-electron chi connectivity index (χ3n) is 3.90. The largest absolute Gasteiger partial charge is 0.468 e. The van der Waals surface area contributed by atoms with E-state index in [1.165, 1.54) is 12.0 Å². The average Bonchev–Trinajstić information content (AvgIpc) is 2.53. The first-order chi connectivity index (χ1) is 10.1. The van der Waals surface area contributed by atoms with Crippen LogP contribution in [0.3, 0.4) is 0 Å². The molecule has 3 N–H and O–H groups in total. The molecule has 2 rings (SSSR count). The minimum absolute atomic E-state index is 0.120. The highest BCUT2D eigenvalue weighted by Crippen LogP contribution is 2.34. The number of piperidine rings is 1. The van der Waals surface area contributed by atoms with Crippen LogP contribution in [0, 0.1) is 0 Å². The number of amides is 1. The number of hydrogen-bond donors (Lipinski definition) is 2. The van der Waals surface area contributed by atoms with Gasteiger partial charge in [0.1, 0.15) is 6.54 Å². The minimum Gasteiger partial charge on any atom is -0.468 e. The lowest BCUT2D eigenvalue weighted by atomic mass is 9.81. The number of rotatable bonds is 5. The third-order valence-corrected chi connectivity index (χ3v) is 3.90. The van der Waals surface area contributed by atoms with Gasteiger partial charge in [0.25, 0.3) is 0 Å². The Morgan fingerprint density at radius 3 is 2.71 bits per heavy atom.